The molecule has 1 aromatic rings. The molecule has 3 nitrogen and oxygen atoms in total. The topological polar surface area (TPSA) is 29.5 Å². The first kappa shape index (κ1) is 19.8. The molecule has 0 radical (unpaired) electrons. The third kappa shape index (κ3) is 4.56. The summed E-state index contributed by atoms with van der Waals surface area (Å²) in [4.78, 5) is 15.3. The van der Waals surface area contributed by atoms with Crippen molar-refractivity contribution in [3.8, 4) is 0 Å². The summed E-state index contributed by atoms with van der Waals surface area (Å²) in [5.41, 5.74) is 5.09. The number of hydrogen-bond acceptors (Lipinski definition) is 3. The molecule has 0 saturated heterocycles. The third-order valence-electron chi connectivity index (χ3n) is 5.45. The van der Waals surface area contributed by atoms with E-state index in [9.17, 15) is 4.79 Å². The van der Waals surface area contributed by atoms with Gasteiger partial charge in [0.05, 0.1) is 6.10 Å². The standard InChI is InChI=1S/C22H35NO2/c1-14(2)21(22(24)25-15(3)4)23(19-10-8-9-11-19)20-12-16(5)18(7)17(6)13-20/h12-15,19,21H,8-11H2,1-7H3. The lowest BCUT2D eigenvalue weighted by atomic mass is 9.96. The van der Waals surface area contributed by atoms with Crippen molar-refractivity contribution >= 4 is 11.7 Å². The summed E-state index contributed by atoms with van der Waals surface area (Å²) in [5.74, 6) is 0.113. The molecule has 0 aliphatic heterocycles. The van der Waals surface area contributed by atoms with Crippen LogP contribution >= 0.6 is 0 Å². The maximum Gasteiger partial charge on any atom is 0.329 e. The number of carbonyl (C=O) groups excluding carboxylic acids is 1. The number of rotatable bonds is 6. The first-order chi connectivity index (χ1) is 11.7. The van der Waals surface area contributed by atoms with Gasteiger partial charge in [-0.15, -0.1) is 0 Å². The Bertz CT molecular complexity index is 577. The van der Waals surface area contributed by atoms with Crippen molar-refractivity contribution in [3.05, 3.63) is 28.8 Å². The summed E-state index contributed by atoms with van der Waals surface area (Å²) in [5, 5.41) is 0. The predicted octanol–water partition coefficient (Wildman–Crippen LogP) is 5.34. The van der Waals surface area contributed by atoms with Gasteiger partial charge in [-0.1, -0.05) is 26.7 Å². The van der Waals surface area contributed by atoms with Crippen LogP contribution in [0.25, 0.3) is 0 Å². The summed E-state index contributed by atoms with van der Waals surface area (Å²) < 4.78 is 5.64. The van der Waals surface area contributed by atoms with Crippen molar-refractivity contribution in [2.75, 3.05) is 4.90 Å². The van der Waals surface area contributed by atoms with Crippen LogP contribution in [0.4, 0.5) is 5.69 Å². The Hall–Kier alpha value is -1.51. The molecule has 25 heavy (non-hydrogen) atoms. The number of esters is 1. The van der Waals surface area contributed by atoms with Crippen molar-refractivity contribution in [3.63, 3.8) is 0 Å². The minimum Gasteiger partial charge on any atom is -0.461 e. The Labute approximate surface area is 153 Å². The minimum absolute atomic E-state index is 0.0827. The molecule has 1 unspecified atom stereocenters. The van der Waals surface area contributed by atoms with E-state index in [0.29, 0.717) is 6.04 Å². The molecule has 0 spiro atoms. The maximum absolute atomic E-state index is 12.9. The zero-order valence-corrected chi connectivity index (χ0v) is 17.1. The Morgan fingerprint density at radius 3 is 2.00 bits per heavy atom. The molecule has 2 rings (SSSR count). The highest BCUT2D eigenvalue weighted by atomic mass is 16.5. The van der Waals surface area contributed by atoms with Crippen LogP contribution in [-0.2, 0) is 9.53 Å². The Kier molecular flexibility index (Phi) is 6.53. The zero-order chi connectivity index (χ0) is 18.7. The van der Waals surface area contributed by atoms with Gasteiger partial charge in [-0.05, 0) is 82.2 Å². The molecular weight excluding hydrogens is 310 g/mol. The number of nitrogens with zero attached hydrogens (tertiary/aromatic N) is 1. The van der Waals surface area contributed by atoms with E-state index >= 15 is 0 Å². The smallest absolute Gasteiger partial charge is 0.329 e. The largest absolute Gasteiger partial charge is 0.461 e. The zero-order valence-electron chi connectivity index (χ0n) is 17.1. The van der Waals surface area contributed by atoms with Gasteiger partial charge in [-0.3, -0.25) is 0 Å². The molecule has 3 heteroatoms. The van der Waals surface area contributed by atoms with E-state index in [1.54, 1.807) is 0 Å². The molecule has 1 aliphatic carbocycles. The van der Waals surface area contributed by atoms with Crippen LogP contribution in [-0.4, -0.2) is 24.2 Å². The van der Waals surface area contributed by atoms with E-state index < -0.39 is 0 Å². The van der Waals surface area contributed by atoms with Crippen LogP contribution in [0.15, 0.2) is 12.1 Å². The lowest BCUT2D eigenvalue weighted by molar-refractivity contribution is -0.150. The van der Waals surface area contributed by atoms with Crippen molar-refractivity contribution in [1.82, 2.24) is 0 Å². The highest BCUT2D eigenvalue weighted by Gasteiger charge is 2.36. The second-order valence-electron chi connectivity index (χ2n) is 8.22. The van der Waals surface area contributed by atoms with Gasteiger partial charge in [-0.25, -0.2) is 4.79 Å². The second-order valence-corrected chi connectivity index (χ2v) is 8.22. The highest BCUT2D eigenvalue weighted by molar-refractivity contribution is 5.81. The average molecular weight is 346 g/mol. The number of hydrogen-bond donors (Lipinski definition) is 0. The average Bonchev–Trinajstić information content (AvgIpc) is 3.02. The molecule has 0 amide bonds. The van der Waals surface area contributed by atoms with Gasteiger partial charge in [0.15, 0.2) is 0 Å². The fraction of sp³-hybridized carbons (Fsp3) is 0.682. The predicted molar refractivity (Wildman–Crippen MR) is 105 cm³/mol. The van der Waals surface area contributed by atoms with Gasteiger partial charge in [0.2, 0.25) is 0 Å². The van der Waals surface area contributed by atoms with E-state index in [0.717, 1.165) is 12.8 Å². The number of benzene rings is 1. The van der Waals surface area contributed by atoms with Gasteiger partial charge in [0.25, 0.3) is 0 Å². The monoisotopic (exact) mass is 345 g/mol. The van der Waals surface area contributed by atoms with Crippen LogP contribution in [0, 0.1) is 26.7 Å². The molecule has 1 saturated carbocycles. The molecular formula is C22H35NO2. The Morgan fingerprint density at radius 1 is 1.04 bits per heavy atom. The van der Waals surface area contributed by atoms with Gasteiger partial charge in [0.1, 0.15) is 6.04 Å². The molecule has 0 heterocycles. The minimum atomic E-state index is -0.230. The van der Waals surface area contributed by atoms with Crippen molar-refractivity contribution in [1.29, 1.82) is 0 Å². The SMILES string of the molecule is Cc1cc(N(C2CCCC2)C(C(=O)OC(C)C)C(C)C)cc(C)c1C. The van der Waals surface area contributed by atoms with E-state index in [1.807, 2.05) is 13.8 Å². The van der Waals surface area contributed by atoms with E-state index in [4.69, 9.17) is 4.74 Å². The summed E-state index contributed by atoms with van der Waals surface area (Å²) >= 11 is 0. The molecule has 140 valence electrons. The first-order valence-corrected chi connectivity index (χ1v) is 9.79. The highest BCUT2D eigenvalue weighted by Crippen LogP contribution is 2.34. The third-order valence-corrected chi connectivity index (χ3v) is 5.45. The van der Waals surface area contributed by atoms with Crippen LogP contribution in [0.5, 0.6) is 0 Å². The number of aryl methyl sites for hydroxylation is 2. The summed E-state index contributed by atoms with van der Waals surface area (Å²) in [7, 11) is 0. The lowest BCUT2D eigenvalue weighted by Crippen LogP contribution is -2.51. The van der Waals surface area contributed by atoms with Crippen molar-refractivity contribution in [2.24, 2.45) is 5.92 Å². The van der Waals surface area contributed by atoms with Crippen LogP contribution in [0.3, 0.4) is 0 Å². The van der Waals surface area contributed by atoms with Gasteiger partial charge < -0.3 is 9.64 Å². The maximum atomic E-state index is 12.9. The summed E-state index contributed by atoms with van der Waals surface area (Å²) in [6.45, 7) is 14.6. The fourth-order valence-corrected chi connectivity index (χ4v) is 3.95. The molecule has 0 bridgehead atoms. The molecule has 1 atom stereocenters. The van der Waals surface area contributed by atoms with Crippen LogP contribution in [0.1, 0.15) is 70.1 Å². The van der Waals surface area contributed by atoms with Gasteiger partial charge in [-0.2, -0.15) is 0 Å². The molecule has 1 fully saturated rings. The first-order valence-electron chi connectivity index (χ1n) is 9.79. The second kappa shape index (κ2) is 8.25. The van der Waals surface area contributed by atoms with Crippen molar-refractivity contribution in [2.45, 2.75) is 92.3 Å². The van der Waals surface area contributed by atoms with E-state index in [1.165, 1.54) is 35.2 Å². The molecule has 0 N–H and O–H groups in total. The van der Waals surface area contributed by atoms with Gasteiger partial charge in [0, 0.05) is 11.7 Å². The van der Waals surface area contributed by atoms with Crippen LogP contribution < -0.4 is 4.90 Å². The number of anilines is 1. The molecule has 1 aliphatic rings. The van der Waals surface area contributed by atoms with Gasteiger partial charge >= 0.3 is 5.97 Å². The summed E-state index contributed by atoms with van der Waals surface area (Å²) in [6, 6.07) is 4.69. The Morgan fingerprint density at radius 2 is 1.56 bits per heavy atom. The van der Waals surface area contributed by atoms with Crippen LogP contribution in [0.2, 0.25) is 0 Å². The Balaban J connectivity index is 2.48. The summed E-state index contributed by atoms with van der Waals surface area (Å²) in [6.07, 6.45) is 4.72. The lowest BCUT2D eigenvalue weighted by Gasteiger charge is -2.40. The van der Waals surface area contributed by atoms with E-state index in [2.05, 4.69) is 51.7 Å². The molecule has 0 aromatic heterocycles. The van der Waals surface area contributed by atoms with E-state index in [-0.39, 0.29) is 24.0 Å². The number of ether oxygens (including phenoxy) is 1. The number of carbonyl (C=O) groups is 1. The quantitative estimate of drug-likeness (QED) is 0.652. The van der Waals surface area contributed by atoms with Crippen molar-refractivity contribution < 1.29 is 9.53 Å². The normalized spacial score (nSPS) is 16.5. The molecule has 1 aromatic carbocycles. The fourth-order valence-electron chi connectivity index (χ4n) is 3.95.